The molecule has 1 aliphatic heterocycles. The molecule has 214 valence electrons. The first-order valence-electron chi connectivity index (χ1n) is 12.3. The minimum Gasteiger partial charge on any atom is -0.378 e. The van der Waals surface area contributed by atoms with Crippen molar-refractivity contribution in [3.05, 3.63) is 52.6 Å². The van der Waals surface area contributed by atoms with E-state index >= 15 is 0 Å². The van der Waals surface area contributed by atoms with Gasteiger partial charge in [0, 0.05) is 37.5 Å². The topological polar surface area (TPSA) is 49.8 Å². The average molecular weight is 616 g/mol. The van der Waals surface area contributed by atoms with Gasteiger partial charge in [-0.05, 0) is 91.7 Å². The first-order chi connectivity index (χ1) is 15.8. The van der Waals surface area contributed by atoms with Gasteiger partial charge in [-0.25, -0.2) is 0 Å². The van der Waals surface area contributed by atoms with Crippen LogP contribution in [-0.2, 0) is 9.53 Å². The molecule has 1 saturated carbocycles. The van der Waals surface area contributed by atoms with Gasteiger partial charge in [0.2, 0.25) is 5.79 Å². The van der Waals surface area contributed by atoms with Crippen molar-refractivity contribution in [1.29, 1.82) is 0 Å². The molecule has 4 aliphatic rings. The van der Waals surface area contributed by atoms with Crippen molar-refractivity contribution in [2.24, 2.45) is 17.3 Å². The Labute approximate surface area is 263 Å². The van der Waals surface area contributed by atoms with E-state index in [1.807, 2.05) is 6.08 Å². The van der Waals surface area contributed by atoms with Gasteiger partial charge < -0.3 is 14.7 Å². The number of ether oxygens (including phenoxy) is 1. The van der Waals surface area contributed by atoms with Crippen LogP contribution in [0.25, 0.3) is 0 Å². The Morgan fingerprint density at radius 3 is 2.26 bits per heavy atom. The third-order valence-electron chi connectivity index (χ3n) is 8.74. The number of anilines is 1. The maximum absolute atomic E-state index is 12.2. The molecule has 9 heteroatoms. The van der Waals surface area contributed by atoms with E-state index in [9.17, 15) is 9.90 Å². The Morgan fingerprint density at radius 1 is 1.00 bits per heavy atom. The fraction of sp³-hybridized carbons (Fsp3) is 0.552. The van der Waals surface area contributed by atoms with Crippen molar-refractivity contribution in [2.45, 2.75) is 64.1 Å². The molecule has 3 aliphatic carbocycles. The number of benzene rings is 1. The van der Waals surface area contributed by atoms with E-state index in [1.165, 1.54) is 28.0 Å². The highest BCUT2D eigenvalue weighted by Gasteiger charge is 2.61. The molecular formula is C29H45NO3S5. The number of carbonyl (C=O) groups is 1. The zero-order valence-corrected chi connectivity index (χ0v) is 27.8. The second-order valence-electron chi connectivity index (χ2n) is 10.6. The second-order valence-corrected chi connectivity index (χ2v) is 10.6. The van der Waals surface area contributed by atoms with Crippen LogP contribution in [0.3, 0.4) is 0 Å². The third-order valence-corrected chi connectivity index (χ3v) is 8.74. The molecule has 38 heavy (non-hydrogen) atoms. The maximum atomic E-state index is 12.2. The lowest BCUT2D eigenvalue weighted by molar-refractivity contribution is -0.285. The second kappa shape index (κ2) is 14.3. The maximum Gasteiger partial charge on any atom is 0.236 e. The van der Waals surface area contributed by atoms with Crippen molar-refractivity contribution < 1.29 is 14.6 Å². The Balaban J connectivity index is 0.00000274. The van der Waals surface area contributed by atoms with E-state index in [0.717, 1.165) is 32.1 Å². The summed E-state index contributed by atoms with van der Waals surface area (Å²) in [5.74, 6) is 5.72. The van der Waals surface area contributed by atoms with Gasteiger partial charge in [0.15, 0.2) is 5.78 Å². The average Bonchev–Trinajstić information content (AvgIpc) is 2.79. The smallest absolute Gasteiger partial charge is 0.236 e. The summed E-state index contributed by atoms with van der Waals surface area (Å²) in [7, 11) is 4.12. The Bertz CT molecular complexity index is 1110. The molecule has 5 rings (SSSR count). The van der Waals surface area contributed by atoms with Crippen LogP contribution in [0, 0.1) is 29.1 Å². The summed E-state index contributed by atoms with van der Waals surface area (Å²) < 4.78 is 6.02. The summed E-state index contributed by atoms with van der Waals surface area (Å²) in [6.07, 6.45) is 7.08. The van der Waals surface area contributed by atoms with Crippen molar-refractivity contribution in [3.8, 4) is 11.8 Å². The lowest BCUT2D eigenvalue weighted by atomic mass is 9.49. The van der Waals surface area contributed by atoms with Crippen molar-refractivity contribution in [3.63, 3.8) is 0 Å². The zero-order valence-electron chi connectivity index (χ0n) is 22.8. The van der Waals surface area contributed by atoms with Crippen LogP contribution >= 0.6 is 67.5 Å². The highest BCUT2D eigenvalue weighted by molar-refractivity contribution is 7.60. The Kier molecular flexibility index (Phi) is 14.1. The van der Waals surface area contributed by atoms with Crippen LogP contribution in [0.1, 0.15) is 63.9 Å². The van der Waals surface area contributed by atoms with Crippen LogP contribution in [0.2, 0.25) is 0 Å². The molecule has 1 aromatic carbocycles. The van der Waals surface area contributed by atoms with Gasteiger partial charge in [0.25, 0.3) is 0 Å². The summed E-state index contributed by atoms with van der Waals surface area (Å²) in [5, 5.41) is 11.7. The minimum atomic E-state index is -1.43. The van der Waals surface area contributed by atoms with Crippen molar-refractivity contribution >= 4 is 78.9 Å². The number of ketones is 1. The van der Waals surface area contributed by atoms with E-state index in [0.29, 0.717) is 24.9 Å². The molecule has 0 bridgehead atoms. The quantitative estimate of drug-likeness (QED) is 0.443. The van der Waals surface area contributed by atoms with Gasteiger partial charge in [0.05, 0.1) is 6.61 Å². The number of allylic oxidation sites excluding steroid dienone is 4. The summed E-state index contributed by atoms with van der Waals surface area (Å²) in [5.41, 5.74) is 6.20. The molecule has 2 fully saturated rings. The standard InChI is InChI=1S/C29H35NO3.5H2S/c1-5-15-29(32)28(2)18-25(19-6-9-21(10-7-19)30(3)4)27-23-13-11-22(31)17-20(23)8-12-24(27)26(28)14-16-33-29;;;;;/h6-7,9-10,17,24-26,32H,8,11-14,16,18H2,1-4H3;5*1H2/t24-,25?,26-,28-,29-;;;;;/m0...../s1. The van der Waals surface area contributed by atoms with Gasteiger partial charge in [-0.3, -0.25) is 4.79 Å². The fourth-order valence-corrected chi connectivity index (χ4v) is 7.08. The lowest BCUT2D eigenvalue weighted by Gasteiger charge is -2.59. The van der Waals surface area contributed by atoms with Gasteiger partial charge in [-0.15, -0.1) is 5.92 Å². The molecule has 1 aromatic rings. The first kappa shape index (κ1) is 37.4. The molecular weight excluding hydrogens is 571 g/mol. The number of hydrogen-bond donors (Lipinski definition) is 1. The van der Waals surface area contributed by atoms with Crippen LogP contribution < -0.4 is 4.90 Å². The Hall–Kier alpha value is -0.600. The summed E-state index contributed by atoms with van der Waals surface area (Å²) in [4.78, 5) is 14.3. The van der Waals surface area contributed by atoms with Crippen molar-refractivity contribution in [1.82, 2.24) is 0 Å². The van der Waals surface area contributed by atoms with Crippen LogP contribution in [0.15, 0.2) is 47.1 Å². The number of fused-ring (bicyclic) bond motifs is 4. The molecule has 5 atom stereocenters. The van der Waals surface area contributed by atoms with E-state index in [4.69, 9.17) is 4.74 Å². The van der Waals surface area contributed by atoms with Crippen LogP contribution in [0.5, 0.6) is 0 Å². The highest BCUT2D eigenvalue weighted by Crippen LogP contribution is 2.64. The third kappa shape index (κ3) is 6.17. The number of rotatable bonds is 2. The number of aliphatic hydroxyl groups is 1. The molecule has 0 amide bonds. The number of carbonyl (C=O) groups excluding carboxylic acids is 1. The number of nitrogens with zero attached hydrogens (tertiary/aromatic N) is 1. The predicted octanol–water partition coefficient (Wildman–Crippen LogP) is 5.55. The van der Waals surface area contributed by atoms with Gasteiger partial charge in [-0.1, -0.05) is 24.6 Å². The summed E-state index contributed by atoms with van der Waals surface area (Å²) >= 11 is 0. The molecule has 4 nitrogen and oxygen atoms in total. The van der Waals surface area contributed by atoms with Gasteiger partial charge in [-0.2, -0.15) is 67.5 Å². The summed E-state index contributed by atoms with van der Waals surface area (Å²) in [6.45, 7) is 4.51. The van der Waals surface area contributed by atoms with E-state index in [2.05, 4.69) is 62.0 Å². The lowest BCUT2D eigenvalue weighted by Crippen LogP contribution is -2.60. The van der Waals surface area contributed by atoms with Crippen LogP contribution in [-0.4, -0.2) is 37.4 Å². The van der Waals surface area contributed by atoms with Crippen molar-refractivity contribution in [2.75, 3.05) is 25.6 Å². The molecule has 1 unspecified atom stereocenters. The largest absolute Gasteiger partial charge is 0.378 e. The van der Waals surface area contributed by atoms with Gasteiger partial charge >= 0.3 is 0 Å². The molecule has 0 radical (unpaired) electrons. The fourth-order valence-electron chi connectivity index (χ4n) is 7.08. The molecule has 1 saturated heterocycles. The first-order valence-corrected chi connectivity index (χ1v) is 12.3. The van der Waals surface area contributed by atoms with E-state index in [-0.39, 0.29) is 79.2 Å². The predicted molar refractivity (Wildman–Crippen MR) is 183 cm³/mol. The highest BCUT2D eigenvalue weighted by atomic mass is 32.1. The monoisotopic (exact) mass is 615 g/mol. The minimum absolute atomic E-state index is 0. The van der Waals surface area contributed by atoms with Crippen LogP contribution in [0.4, 0.5) is 5.69 Å². The Morgan fingerprint density at radius 2 is 1.66 bits per heavy atom. The molecule has 0 aromatic heterocycles. The van der Waals surface area contributed by atoms with Gasteiger partial charge in [0.1, 0.15) is 0 Å². The van der Waals surface area contributed by atoms with E-state index < -0.39 is 11.2 Å². The normalized spacial score (nSPS) is 30.8. The molecule has 0 spiro atoms. The number of hydrogen-bond acceptors (Lipinski definition) is 4. The SMILES string of the molecule is CC#C[C@]1(O)OCC[C@H]2[C@@H]3CCC4=CC(=O)CCC4=C3C(c3ccc(N(C)C)cc3)C[C@@]21C.S.S.S.S.S. The zero-order chi connectivity index (χ0) is 23.4. The molecule has 1 N–H and O–H groups in total. The molecule has 1 heterocycles. The summed E-state index contributed by atoms with van der Waals surface area (Å²) in [6, 6.07) is 8.86. The van der Waals surface area contributed by atoms with E-state index in [1.54, 1.807) is 6.92 Å².